The Morgan fingerprint density at radius 3 is 2.48 bits per heavy atom. The third-order valence-electron chi connectivity index (χ3n) is 4.48. The number of benzene rings is 1. The first-order valence-electron chi connectivity index (χ1n) is 8.17. The van der Waals surface area contributed by atoms with E-state index in [0.29, 0.717) is 6.04 Å². The van der Waals surface area contributed by atoms with E-state index in [2.05, 4.69) is 12.2 Å². The molecule has 0 spiro atoms. The van der Waals surface area contributed by atoms with Crippen molar-refractivity contribution in [3.63, 3.8) is 0 Å². The third-order valence-corrected chi connectivity index (χ3v) is 4.48. The lowest BCUT2D eigenvalue weighted by atomic mass is 9.81. The molecule has 0 heterocycles. The van der Waals surface area contributed by atoms with Gasteiger partial charge in [-0.3, -0.25) is 10.1 Å². The van der Waals surface area contributed by atoms with E-state index in [1.54, 1.807) is 12.1 Å². The lowest BCUT2D eigenvalue weighted by Crippen LogP contribution is -2.39. The normalized spacial score (nSPS) is 17.6. The first-order chi connectivity index (χ1) is 10.2. The number of nitrogens with one attached hydrogen (secondary N) is 1. The zero-order valence-electron chi connectivity index (χ0n) is 12.9. The number of nitro benzene ring substituents is 1. The van der Waals surface area contributed by atoms with Crippen LogP contribution in [0.3, 0.4) is 0 Å². The SMILES string of the molecule is CCCNC(Cc1ccc([N+](=O)[O-])cc1)C1CCCCC1. The van der Waals surface area contributed by atoms with Gasteiger partial charge in [-0.25, -0.2) is 0 Å². The van der Waals surface area contributed by atoms with Crippen LogP contribution in [0.25, 0.3) is 0 Å². The number of non-ortho nitro benzene ring substituents is 1. The number of rotatable bonds is 7. The second kappa shape index (κ2) is 8.13. The third kappa shape index (κ3) is 4.81. The smallest absolute Gasteiger partial charge is 0.269 e. The molecule has 2 rings (SSSR count). The Labute approximate surface area is 127 Å². The Bertz CT molecular complexity index is 439. The summed E-state index contributed by atoms with van der Waals surface area (Å²) in [6.45, 7) is 3.24. The van der Waals surface area contributed by atoms with E-state index in [1.807, 2.05) is 12.1 Å². The van der Waals surface area contributed by atoms with Crippen molar-refractivity contribution in [1.82, 2.24) is 5.32 Å². The van der Waals surface area contributed by atoms with Crippen LogP contribution in [0.2, 0.25) is 0 Å². The van der Waals surface area contributed by atoms with Gasteiger partial charge >= 0.3 is 0 Å². The van der Waals surface area contributed by atoms with Crippen LogP contribution < -0.4 is 5.32 Å². The molecule has 4 nitrogen and oxygen atoms in total. The summed E-state index contributed by atoms with van der Waals surface area (Å²) in [7, 11) is 0. The number of nitrogens with zero attached hydrogens (tertiary/aromatic N) is 1. The summed E-state index contributed by atoms with van der Waals surface area (Å²) < 4.78 is 0. The molecule has 4 heteroatoms. The Hall–Kier alpha value is -1.42. The molecule has 0 aromatic heterocycles. The van der Waals surface area contributed by atoms with E-state index in [-0.39, 0.29) is 10.6 Å². The zero-order chi connectivity index (χ0) is 15.1. The van der Waals surface area contributed by atoms with Gasteiger partial charge in [0.1, 0.15) is 0 Å². The molecule has 1 N–H and O–H groups in total. The van der Waals surface area contributed by atoms with Crippen LogP contribution in [0.5, 0.6) is 0 Å². The molecule has 1 aliphatic rings. The van der Waals surface area contributed by atoms with Crippen LogP contribution in [-0.4, -0.2) is 17.5 Å². The molecule has 1 fully saturated rings. The zero-order valence-corrected chi connectivity index (χ0v) is 12.9. The molecule has 1 aliphatic carbocycles. The summed E-state index contributed by atoms with van der Waals surface area (Å²) in [6, 6.07) is 7.55. The van der Waals surface area contributed by atoms with Gasteiger partial charge in [0.15, 0.2) is 0 Å². The van der Waals surface area contributed by atoms with Gasteiger partial charge in [-0.2, -0.15) is 0 Å². The van der Waals surface area contributed by atoms with Crippen LogP contribution in [0.1, 0.15) is 51.0 Å². The average Bonchev–Trinajstić information content (AvgIpc) is 2.52. The quantitative estimate of drug-likeness (QED) is 0.608. The Morgan fingerprint density at radius 1 is 1.24 bits per heavy atom. The molecule has 1 unspecified atom stereocenters. The maximum atomic E-state index is 10.7. The van der Waals surface area contributed by atoms with Crippen LogP contribution in [0, 0.1) is 16.0 Å². The molecule has 1 aromatic rings. The fourth-order valence-corrected chi connectivity index (χ4v) is 3.28. The second-order valence-electron chi connectivity index (χ2n) is 6.09. The highest BCUT2D eigenvalue weighted by Crippen LogP contribution is 2.28. The van der Waals surface area contributed by atoms with Gasteiger partial charge in [-0.15, -0.1) is 0 Å². The fourth-order valence-electron chi connectivity index (χ4n) is 3.28. The van der Waals surface area contributed by atoms with Crippen molar-refractivity contribution < 1.29 is 4.92 Å². The van der Waals surface area contributed by atoms with Crippen molar-refractivity contribution in [3.05, 3.63) is 39.9 Å². The molecule has 0 amide bonds. The molecule has 1 aromatic carbocycles. The van der Waals surface area contributed by atoms with Crippen molar-refractivity contribution in [1.29, 1.82) is 0 Å². The maximum absolute atomic E-state index is 10.7. The molecule has 1 atom stereocenters. The molecule has 0 saturated heterocycles. The molecular formula is C17H26N2O2. The predicted molar refractivity (Wildman–Crippen MR) is 85.5 cm³/mol. The van der Waals surface area contributed by atoms with Gasteiger partial charge in [0.05, 0.1) is 4.92 Å². The Kier molecular flexibility index (Phi) is 6.18. The number of nitro groups is 1. The molecule has 21 heavy (non-hydrogen) atoms. The predicted octanol–water partition coefficient (Wildman–Crippen LogP) is 4.09. The highest BCUT2D eigenvalue weighted by atomic mass is 16.6. The summed E-state index contributed by atoms with van der Waals surface area (Å²) >= 11 is 0. The van der Waals surface area contributed by atoms with Crippen molar-refractivity contribution in [2.75, 3.05) is 6.54 Å². The largest absolute Gasteiger partial charge is 0.313 e. The van der Waals surface area contributed by atoms with E-state index in [1.165, 1.54) is 37.7 Å². The van der Waals surface area contributed by atoms with Crippen molar-refractivity contribution >= 4 is 5.69 Å². The lowest BCUT2D eigenvalue weighted by Gasteiger charge is -2.31. The fraction of sp³-hybridized carbons (Fsp3) is 0.647. The second-order valence-corrected chi connectivity index (χ2v) is 6.09. The first kappa shape index (κ1) is 16.0. The van der Waals surface area contributed by atoms with Crippen LogP contribution in [0.15, 0.2) is 24.3 Å². The number of hydrogen-bond donors (Lipinski definition) is 1. The monoisotopic (exact) mass is 290 g/mol. The standard InChI is InChI=1S/C17H26N2O2/c1-2-12-18-17(15-6-4-3-5-7-15)13-14-8-10-16(11-9-14)19(20)21/h8-11,15,17-18H,2-7,12-13H2,1H3. The van der Waals surface area contributed by atoms with Crippen molar-refractivity contribution in [2.45, 2.75) is 57.9 Å². The Morgan fingerprint density at radius 2 is 1.90 bits per heavy atom. The summed E-state index contributed by atoms with van der Waals surface area (Å²) in [4.78, 5) is 10.4. The maximum Gasteiger partial charge on any atom is 0.269 e. The van der Waals surface area contributed by atoms with Crippen molar-refractivity contribution in [2.24, 2.45) is 5.92 Å². The minimum Gasteiger partial charge on any atom is -0.313 e. The van der Waals surface area contributed by atoms with Crippen LogP contribution in [-0.2, 0) is 6.42 Å². The van der Waals surface area contributed by atoms with E-state index in [4.69, 9.17) is 0 Å². The summed E-state index contributed by atoms with van der Waals surface area (Å²) in [5.74, 6) is 0.750. The van der Waals surface area contributed by atoms with Gasteiger partial charge in [0.25, 0.3) is 5.69 Å². The molecule has 0 aliphatic heterocycles. The topological polar surface area (TPSA) is 55.2 Å². The van der Waals surface area contributed by atoms with Gasteiger partial charge in [-0.05, 0) is 43.7 Å². The highest BCUT2D eigenvalue weighted by molar-refractivity contribution is 5.33. The Balaban J connectivity index is 2.00. The van der Waals surface area contributed by atoms with E-state index in [9.17, 15) is 10.1 Å². The van der Waals surface area contributed by atoms with E-state index in [0.717, 1.165) is 25.3 Å². The first-order valence-corrected chi connectivity index (χ1v) is 8.17. The van der Waals surface area contributed by atoms with E-state index >= 15 is 0 Å². The van der Waals surface area contributed by atoms with Gasteiger partial charge in [-0.1, -0.05) is 38.3 Å². The molecular weight excluding hydrogens is 264 g/mol. The minimum absolute atomic E-state index is 0.175. The highest BCUT2D eigenvalue weighted by Gasteiger charge is 2.23. The van der Waals surface area contributed by atoms with E-state index < -0.39 is 0 Å². The summed E-state index contributed by atoms with van der Waals surface area (Å²) in [6.07, 6.45) is 8.80. The average molecular weight is 290 g/mol. The lowest BCUT2D eigenvalue weighted by molar-refractivity contribution is -0.384. The molecule has 116 valence electrons. The van der Waals surface area contributed by atoms with Gasteiger partial charge in [0.2, 0.25) is 0 Å². The number of hydrogen-bond acceptors (Lipinski definition) is 3. The minimum atomic E-state index is -0.336. The van der Waals surface area contributed by atoms with Gasteiger partial charge < -0.3 is 5.32 Å². The molecule has 1 saturated carbocycles. The molecule has 0 radical (unpaired) electrons. The van der Waals surface area contributed by atoms with Crippen molar-refractivity contribution in [3.8, 4) is 0 Å². The van der Waals surface area contributed by atoms with Crippen LogP contribution in [0.4, 0.5) is 5.69 Å². The summed E-state index contributed by atoms with van der Waals surface area (Å²) in [5.41, 5.74) is 1.37. The summed E-state index contributed by atoms with van der Waals surface area (Å²) in [5, 5.41) is 14.4. The van der Waals surface area contributed by atoms with Gasteiger partial charge in [0, 0.05) is 18.2 Å². The van der Waals surface area contributed by atoms with Crippen LogP contribution >= 0.6 is 0 Å². The molecule has 0 bridgehead atoms.